The number of ether oxygens (including phenoxy) is 1. The number of non-ortho nitro benzene ring substituents is 1. The molecule has 3 aromatic rings. The second-order valence-electron chi connectivity index (χ2n) is 6.35. The van der Waals surface area contributed by atoms with E-state index in [4.69, 9.17) is 4.74 Å². The maximum atomic E-state index is 12.3. The van der Waals surface area contributed by atoms with Gasteiger partial charge in [-0.25, -0.2) is 0 Å². The van der Waals surface area contributed by atoms with Gasteiger partial charge in [0, 0.05) is 34.0 Å². The lowest BCUT2D eigenvalue weighted by molar-refractivity contribution is -0.384. The van der Waals surface area contributed by atoms with E-state index < -0.39 is 10.8 Å². The maximum absolute atomic E-state index is 12.3. The Kier molecular flexibility index (Phi) is 7.23. The molecule has 2 amide bonds. The highest BCUT2D eigenvalue weighted by molar-refractivity contribution is 8.00. The fourth-order valence-electron chi connectivity index (χ4n) is 2.62. The lowest BCUT2D eigenvalue weighted by atomic mass is 10.2. The Morgan fingerprint density at radius 2 is 1.61 bits per heavy atom. The summed E-state index contributed by atoms with van der Waals surface area (Å²) < 4.78 is 5.08. The number of anilines is 2. The molecule has 0 atom stereocenters. The minimum absolute atomic E-state index is 0.141. The van der Waals surface area contributed by atoms with Crippen LogP contribution in [0.5, 0.6) is 5.75 Å². The minimum Gasteiger partial charge on any atom is -0.497 e. The molecule has 0 aliphatic heterocycles. The van der Waals surface area contributed by atoms with E-state index in [2.05, 4.69) is 10.6 Å². The van der Waals surface area contributed by atoms with Crippen LogP contribution in [0.2, 0.25) is 0 Å². The molecule has 8 nitrogen and oxygen atoms in total. The van der Waals surface area contributed by atoms with Crippen molar-refractivity contribution in [1.29, 1.82) is 0 Å². The SMILES string of the molecule is COc1ccc(NC(=O)CSc2ccc(NC(=O)c3cccc([N+](=O)[O-])c3)cc2)cc1. The fourth-order valence-corrected chi connectivity index (χ4v) is 3.32. The van der Waals surface area contributed by atoms with Crippen molar-refractivity contribution in [3.05, 3.63) is 88.5 Å². The van der Waals surface area contributed by atoms with Gasteiger partial charge in [-0.3, -0.25) is 19.7 Å². The van der Waals surface area contributed by atoms with E-state index in [1.165, 1.54) is 36.0 Å². The molecule has 0 unspecified atom stereocenters. The molecule has 0 aromatic heterocycles. The maximum Gasteiger partial charge on any atom is 0.270 e. The summed E-state index contributed by atoms with van der Waals surface area (Å²) in [6.07, 6.45) is 0. The van der Waals surface area contributed by atoms with Crippen molar-refractivity contribution in [1.82, 2.24) is 0 Å². The van der Waals surface area contributed by atoms with Gasteiger partial charge in [0.15, 0.2) is 0 Å². The van der Waals surface area contributed by atoms with Crippen LogP contribution in [0, 0.1) is 10.1 Å². The summed E-state index contributed by atoms with van der Waals surface area (Å²) in [5.74, 6) is 0.358. The summed E-state index contributed by atoms with van der Waals surface area (Å²) in [4.78, 5) is 35.6. The predicted molar refractivity (Wildman–Crippen MR) is 120 cm³/mol. The highest BCUT2D eigenvalue weighted by atomic mass is 32.2. The number of carbonyl (C=O) groups excluding carboxylic acids is 2. The van der Waals surface area contributed by atoms with Crippen LogP contribution in [-0.4, -0.2) is 29.6 Å². The third-order valence-electron chi connectivity index (χ3n) is 4.18. The van der Waals surface area contributed by atoms with Crippen molar-refractivity contribution in [3.8, 4) is 5.75 Å². The van der Waals surface area contributed by atoms with Crippen molar-refractivity contribution in [2.45, 2.75) is 4.90 Å². The van der Waals surface area contributed by atoms with Gasteiger partial charge in [0.05, 0.1) is 17.8 Å². The number of nitrogens with one attached hydrogen (secondary N) is 2. The van der Waals surface area contributed by atoms with Crippen LogP contribution in [0.1, 0.15) is 10.4 Å². The van der Waals surface area contributed by atoms with Crippen molar-refractivity contribution in [2.24, 2.45) is 0 Å². The first-order valence-corrected chi connectivity index (χ1v) is 10.2. The molecular weight excluding hydrogens is 418 g/mol. The first-order chi connectivity index (χ1) is 14.9. The molecule has 2 N–H and O–H groups in total. The van der Waals surface area contributed by atoms with Gasteiger partial charge >= 0.3 is 0 Å². The van der Waals surface area contributed by atoms with Crippen molar-refractivity contribution >= 4 is 40.6 Å². The first kappa shape index (κ1) is 21.8. The molecule has 0 saturated heterocycles. The third kappa shape index (κ3) is 6.31. The number of hydrogen-bond acceptors (Lipinski definition) is 6. The number of hydrogen-bond donors (Lipinski definition) is 2. The number of thioether (sulfide) groups is 1. The van der Waals surface area contributed by atoms with E-state index in [1.807, 2.05) is 0 Å². The quantitative estimate of drug-likeness (QED) is 0.303. The molecule has 0 radical (unpaired) electrons. The molecule has 9 heteroatoms. The first-order valence-electron chi connectivity index (χ1n) is 9.17. The molecule has 0 spiro atoms. The van der Waals surface area contributed by atoms with Crippen LogP contribution in [0.4, 0.5) is 17.1 Å². The summed E-state index contributed by atoms with van der Waals surface area (Å²) in [6, 6.07) is 19.6. The van der Waals surface area contributed by atoms with Crippen LogP contribution in [0.15, 0.2) is 77.7 Å². The Bertz CT molecular complexity index is 1090. The van der Waals surface area contributed by atoms with Crippen LogP contribution < -0.4 is 15.4 Å². The number of amides is 2. The standard InChI is InChI=1S/C22H19N3O5S/c1-30-19-9-5-16(6-10-19)23-21(26)14-31-20-11-7-17(8-12-20)24-22(27)15-3-2-4-18(13-15)25(28)29/h2-13H,14H2,1H3,(H,23,26)(H,24,27). The zero-order valence-electron chi connectivity index (χ0n) is 16.5. The van der Waals surface area contributed by atoms with Gasteiger partial charge in [0.1, 0.15) is 5.75 Å². The average molecular weight is 437 g/mol. The van der Waals surface area contributed by atoms with E-state index >= 15 is 0 Å². The Balaban J connectivity index is 1.51. The van der Waals surface area contributed by atoms with Gasteiger partial charge in [0.25, 0.3) is 11.6 Å². The van der Waals surface area contributed by atoms with Gasteiger partial charge in [0.2, 0.25) is 5.91 Å². The molecule has 0 fully saturated rings. The van der Waals surface area contributed by atoms with Crippen molar-refractivity contribution in [3.63, 3.8) is 0 Å². The minimum atomic E-state index is -0.548. The molecule has 3 aromatic carbocycles. The Morgan fingerprint density at radius 3 is 2.26 bits per heavy atom. The second-order valence-corrected chi connectivity index (χ2v) is 7.40. The van der Waals surface area contributed by atoms with Gasteiger partial charge < -0.3 is 15.4 Å². The van der Waals surface area contributed by atoms with Crippen LogP contribution in [-0.2, 0) is 4.79 Å². The fraction of sp³-hybridized carbons (Fsp3) is 0.0909. The van der Waals surface area contributed by atoms with E-state index in [0.717, 1.165) is 4.90 Å². The smallest absolute Gasteiger partial charge is 0.270 e. The summed E-state index contributed by atoms with van der Waals surface area (Å²) in [6.45, 7) is 0. The second kappa shape index (κ2) is 10.3. The molecular formula is C22H19N3O5S. The van der Waals surface area contributed by atoms with Crippen LogP contribution in [0.3, 0.4) is 0 Å². The summed E-state index contributed by atoms with van der Waals surface area (Å²) in [5, 5.41) is 16.4. The zero-order chi connectivity index (χ0) is 22.2. The molecule has 0 bridgehead atoms. The zero-order valence-corrected chi connectivity index (χ0v) is 17.3. The number of rotatable bonds is 8. The van der Waals surface area contributed by atoms with Gasteiger partial charge in [-0.2, -0.15) is 0 Å². The topological polar surface area (TPSA) is 111 Å². The molecule has 0 heterocycles. The largest absolute Gasteiger partial charge is 0.497 e. The van der Waals surface area contributed by atoms with E-state index in [9.17, 15) is 19.7 Å². The normalized spacial score (nSPS) is 10.2. The van der Waals surface area contributed by atoms with Crippen molar-refractivity contribution in [2.75, 3.05) is 23.5 Å². The van der Waals surface area contributed by atoms with Crippen LogP contribution in [0.25, 0.3) is 0 Å². The molecule has 0 aliphatic rings. The molecule has 3 rings (SSSR count). The van der Waals surface area contributed by atoms with Crippen LogP contribution >= 0.6 is 11.8 Å². The monoisotopic (exact) mass is 437 g/mol. The number of methoxy groups -OCH3 is 1. The summed E-state index contributed by atoms with van der Waals surface area (Å²) >= 11 is 1.36. The number of nitrogens with zero attached hydrogens (tertiary/aromatic N) is 1. The number of benzene rings is 3. The predicted octanol–water partition coefficient (Wildman–Crippen LogP) is 4.59. The molecule has 31 heavy (non-hydrogen) atoms. The van der Waals surface area contributed by atoms with E-state index in [1.54, 1.807) is 55.6 Å². The van der Waals surface area contributed by atoms with Gasteiger partial charge in [-0.1, -0.05) is 6.07 Å². The summed E-state index contributed by atoms with van der Waals surface area (Å²) in [5.41, 5.74) is 1.28. The molecule has 0 aliphatic carbocycles. The highest BCUT2D eigenvalue weighted by Gasteiger charge is 2.12. The summed E-state index contributed by atoms with van der Waals surface area (Å²) in [7, 11) is 1.58. The Hall–Kier alpha value is -3.85. The molecule has 158 valence electrons. The Morgan fingerprint density at radius 1 is 0.968 bits per heavy atom. The van der Waals surface area contributed by atoms with Crippen molar-refractivity contribution < 1.29 is 19.2 Å². The average Bonchev–Trinajstić information content (AvgIpc) is 2.79. The van der Waals surface area contributed by atoms with Gasteiger partial charge in [-0.05, 0) is 54.6 Å². The lowest BCUT2D eigenvalue weighted by Crippen LogP contribution is -2.14. The third-order valence-corrected chi connectivity index (χ3v) is 5.19. The van der Waals surface area contributed by atoms with E-state index in [0.29, 0.717) is 17.1 Å². The number of carbonyl (C=O) groups is 2. The number of nitro groups is 1. The highest BCUT2D eigenvalue weighted by Crippen LogP contribution is 2.22. The van der Waals surface area contributed by atoms with Gasteiger partial charge in [-0.15, -0.1) is 11.8 Å². The Labute approximate surface area is 182 Å². The van der Waals surface area contributed by atoms with E-state index in [-0.39, 0.29) is 22.9 Å². The molecule has 0 saturated carbocycles. The lowest BCUT2D eigenvalue weighted by Gasteiger charge is -2.08. The number of nitro benzene ring substituents is 1.